The summed E-state index contributed by atoms with van der Waals surface area (Å²) in [5.41, 5.74) is 30.0. The second-order valence-corrected chi connectivity index (χ2v) is 40.1. The summed E-state index contributed by atoms with van der Waals surface area (Å²) in [5.74, 6) is -12.0. The minimum atomic E-state index is -1.66. The molecule has 6 aromatic carbocycles. The highest BCUT2D eigenvalue weighted by atomic mass is 33.1. The highest BCUT2D eigenvalue weighted by Crippen LogP contribution is 2.28. The van der Waals surface area contributed by atoms with Crippen molar-refractivity contribution in [2.24, 2.45) is 22.9 Å². The van der Waals surface area contributed by atoms with Crippen molar-refractivity contribution in [3.63, 3.8) is 0 Å². The number of para-hydroxylation sites is 2. The molecule has 10 rings (SSSR count). The maximum atomic E-state index is 14.7. The van der Waals surface area contributed by atoms with Crippen molar-refractivity contribution in [2.75, 3.05) is 49.3 Å². The fourth-order valence-electron chi connectivity index (χ4n) is 15.5. The number of unbranched alkanes of at least 4 members (excludes halogenated alkanes) is 2. The van der Waals surface area contributed by atoms with Crippen molar-refractivity contribution >= 4 is 148 Å². The molecule has 2 aliphatic heterocycles. The number of benzene rings is 6. The number of H-pyrrole nitrogens is 2. The summed E-state index contributed by atoms with van der Waals surface area (Å²) in [5, 5.41) is 101. The Bertz CT molecular complexity index is 5120. The Morgan fingerprint density at radius 2 is 0.655 bits per heavy atom. The average molecular weight is 2040 g/mol. The van der Waals surface area contributed by atoms with E-state index in [9.17, 15) is 97.8 Å². The Morgan fingerprint density at radius 3 is 0.979 bits per heavy atom. The Kier molecular flexibility index (Phi) is 46.8. The summed E-state index contributed by atoms with van der Waals surface area (Å²) < 4.78 is 0. The van der Waals surface area contributed by atoms with Crippen molar-refractivity contribution in [1.82, 2.24) is 84.4 Å². The van der Waals surface area contributed by atoms with Gasteiger partial charge in [0.25, 0.3) is 0 Å². The molecule has 2 fully saturated rings. The molecule has 30 N–H and O–H groups in total. The van der Waals surface area contributed by atoms with Gasteiger partial charge in [-0.3, -0.25) is 67.1 Å². The van der Waals surface area contributed by atoms with Gasteiger partial charge < -0.3 is 138 Å². The molecule has 0 saturated carbocycles. The lowest BCUT2D eigenvalue weighted by atomic mass is 10.0. The second kappa shape index (κ2) is 58.5. The van der Waals surface area contributed by atoms with Gasteiger partial charge in [-0.05, 0) is 138 Å². The molecule has 0 bridgehead atoms. The summed E-state index contributed by atoms with van der Waals surface area (Å²) in [6.07, 6.45) is -0.312. The standard InChI is InChI=1S/2C49H66N10O10S2/c2*1-28(61)39(25-60)56-48(68)41-27-71-70-26-40(57-43(63)34(51)21-30-13-5-3-6-14-30)47(67)54-37(22-31-15-7-4-8-16-31)45(65)55-38(23-32-24-52-35-18-10-9-17-33(32)35)46(66)53-36(19-11-12-20-50)44(64)59-42(29(2)62)49(69)58-41/h2*3-10,13-18,24,28-29,34,36-42,52,60-62H,11-12,19-23,25-27,50-51H2,1-2H3,(H,53,66)(H,54,67)(H,55,65)(H,56,68)(H,57,63)(H,58,69)(H,59,64)/t2*28-,29?,34-,36+,37+,38-,39-,40+,41+,42+/m11/s1. The number of aromatic nitrogens is 2. The minimum Gasteiger partial charge on any atom is -0.394 e. The molecule has 20 atom stereocenters. The van der Waals surface area contributed by atoms with Gasteiger partial charge >= 0.3 is 0 Å². The normalized spacial score (nSPS) is 22.8. The lowest BCUT2D eigenvalue weighted by Gasteiger charge is -2.29. The highest BCUT2D eigenvalue weighted by molar-refractivity contribution is 8.77. The Hall–Kier alpha value is -12.0. The molecule has 8 aromatic rings. The zero-order valence-corrected chi connectivity index (χ0v) is 82.6. The van der Waals surface area contributed by atoms with Crippen LogP contribution in [0.15, 0.2) is 182 Å². The van der Waals surface area contributed by atoms with E-state index in [2.05, 4.69) is 84.4 Å². The first-order valence-electron chi connectivity index (χ1n) is 47.0. The van der Waals surface area contributed by atoms with E-state index in [-0.39, 0.29) is 87.5 Å². The highest BCUT2D eigenvalue weighted by Gasteiger charge is 2.41. The second-order valence-electron chi connectivity index (χ2n) is 34.9. The molecule has 4 heterocycles. The summed E-state index contributed by atoms with van der Waals surface area (Å²) in [6.45, 7) is 4.45. The minimum absolute atomic E-state index is 0.0340. The SMILES string of the molecule is CC(O)[C@@H]1NC(=O)[C@H](CCCCN)NC(=O)[C@@H](Cc2c[nH]c3ccccc23)NC(=O)[C@H](Cc2ccccc2)NC(=O)[C@@H](NC(=O)[C@H](N)Cc2ccccc2)CSSC[C@@H](C(=O)N[C@H](CO)[C@@H](C)O)NC1=O.CC(O)[C@@H]1NC(=O)[C@H](CCCCN)NC(=O)[C@@H](Cc2c[nH]c3ccccc23)NC(=O)[C@H](Cc2ccccc2)NC(=O)[C@@H](NC(=O)[C@H](N)Cc2ccccc2)CSSC[C@@H](C(=O)N[C@H](CO)[C@@H](C)O)NC1=O. The molecule has 142 heavy (non-hydrogen) atoms. The van der Waals surface area contributed by atoms with E-state index in [1.807, 2.05) is 60.7 Å². The lowest BCUT2D eigenvalue weighted by molar-refractivity contribution is -0.136. The van der Waals surface area contributed by atoms with Gasteiger partial charge in [-0.1, -0.05) is 201 Å². The maximum absolute atomic E-state index is 14.7. The monoisotopic (exact) mass is 2040 g/mol. The third-order valence-electron chi connectivity index (χ3n) is 23.7. The molecule has 2 aromatic heterocycles. The van der Waals surface area contributed by atoms with E-state index in [4.69, 9.17) is 22.9 Å². The zero-order valence-electron chi connectivity index (χ0n) is 79.4. The predicted octanol–water partition coefficient (Wildman–Crippen LogP) is -1.61. The van der Waals surface area contributed by atoms with Gasteiger partial charge in [0.05, 0.1) is 61.8 Å². The lowest BCUT2D eigenvalue weighted by Crippen LogP contribution is -2.62. The van der Waals surface area contributed by atoms with E-state index in [1.165, 1.54) is 27.7 Å². The van der Waals surface area contributed by atoms with Crippen LogP contribution in [0.3, 0.4) is 0 Å². The largest absolute Gasteiger partial charge is 0.394 e. The van der Waals surface area contributed by atoms with Crippen molar-refractivity contribution in [3.05, 3.63) is 216 Å². The molecule has 44 heteroatoms. The molecule has 0 aliphatic carbocycles. The summed E-state index contributed by atoms with van der Waals surface area (Å²) in [6, 6.07) is 29.2. The topological polar surface area (TPSA) is 664 Å². The number of nitrogens with two attached hydrogens (primary N) is 4. The first-order chi connectivity index (χ1) is 68.1. The number of rotatable bonds is 34. The van der Waals surface area contributed by atoms with Crippen LogP contribution in [0.2, 0.25) is 0 Å². The van der Waals surface area contributed by atoms with Crippen molar-refractivity contribution in [1.29, 1.82) is 0 Å². The number of hydrogen-bond donors (Lipinski definition) is 26. The number of aliphatic hydroxyl groups excluding tert-OH is 6. The van der Waals surface area contributed by atoms with E-state index in [0.717, 1.165) is 76.1 Å². The van der Waals surface area contributed by atoms with Crippen LogP contribution < -0.4 is 97.4 Å². The predicted molar refractivity (Wildman–Crippen MR) is 544 cm³/mol. The van der Waals surface area contributed by atoms with Gasteiger partial charge in [0.2, 0.25) is 82.7 Å². The number of carbonyl (C=O) groups is 14. The van der Waals surface area contributed by atoms with Crippen molar-refractivity contribution < 1.29 is 97.8 Å². The van der Waals surface area contributed by atoms with Crippen LogP contribution in [0.4, 0.5) is 0 Å². The van der Waals surface area contributed by atoms with Gasteiger partial charge in [-0.2, -0.15) is 0 Å². The summed E-state index contributed by atoms with van der Waals surface area (Å²) in [4.78, 5) is 206. The number of nitrogens with one attached hydrogen (secondary N) is 16. The van der Waals surface area contributed by atoms with Gasteiger partial charge in [-0.25, -0.2) is 0 Å². The van der Waals surface area contributed by atoms with Crippen LogP contribution >= 0.6 is 43.2 Å². The van der Waals surface area contributed by atoms with Gasteiger partial charge in [0, 0.05) is 82.9 Å². The molecular formula is C98H132N20O20S4. The molecule has 2 unspecified atom stereocenters. The number of fused-ring (bicyclic) bond motifs is 2. The van der Waals surface area contributed by atoms with E-state index in [0.29, 0.717) is 47.9 Å². The number of hydrogen-bond acceptors (Lipinski definition) is 28. The van der Waals surface area contributed by atoms with Gasteiger partial charge in [0.15, 0.2) is 0 Å². The third-order valence-corrected chi connectivity index (χ3v) is 28.5. The van der Waals surface area contributed by atoms with E-state index in [1.54, 1.807) is 122 Å². The number of carbonyl (C=O) groups excluding carboxylic acids is 14. The van der Waals surface area contributed by atoms with Gasteiger partial charge in [0.1, 0.15) is 72.5 Å². The van der Waals surface area contributed by atoms with Crippen LogP contribution in [-0.2, 0) is 106 Å². The number of amides is 14. The Balaban J connectivity index is 0.000000317. The Morgan fingerprint density at radius 1 is 0.359 bits per heavy atom. The van der Waals surface area contributed by atoms with Crippen LogP contribution in [0, 0.1) is 0 Å². The number of aliphatic hydroxyl groups is 6. The Labute approximate surface area is 838 Å². The molecule has 40 nitrogen and oxygen atoms in total. The molecule has 0 spiro atoms. The van der Waals surface area contributed by atoms with Crippen molar-refractivity contribution in [3.8, 4) is 0 Å². The molecule has 2 aliphatic rings. The maximum Gasteiger partial charge on any atom is 0.245 e. The summed E-state index contributed by atoms with van der Waals surface area (Å²) in [7, 11) is 4.12. The van der Waals surface area contributed by atoms with Crippen LogP contribution in [-0.4, -0.2) is 294 Å². The number of aromatic amines is 2. The zero-order chi connectivity index (χ0) is 103. The van der Waals surface area contributed by atoms with Crippen LogP contribution in [0.5, 0.6) is 0 Å². The first kappa shape index (κ1) is 114. The fraction of sp³-hybridized carbons (Fsp3) is 0.449. The molecule has 14 amide bonds. The first-order valence-corrected chi connectivity index (χ1v) is 52.0. The molecule has 0 radical (unpaired) electrons. The van der Waals surface area contributed by atoms with E-state index < -0.39 is 217 Å². The van der Waals surface area contributed by atoms with Crippen molar-refractivity contribution in [2.45, 2.75) is 226 Å². The van der Waals surface area contributed by atoms with E-state index >= 15 is 0 Å². The smallest absolute Gasteiger partial charge is 0.245 e. The quantitative estimate of drug-likeness (QED) is 0.0159. The molecule has 2 saturated heterocycles. The van der Waals surface area contributed by atoms with Crippen LogP contribution in [0.1, 0.15) is 99.6 Å². The van der Waals surface area contributed by atoms with Crippen LogP contribution in [0.25, 0.3) is 21.8 Å². The average Bonchev–Trinajstić information content (AvgIpc) is 1.68. The summed E-state index contributed by atoms with van der Waals surface area (Å²) >= 11 is 0. The molecule has 768 valence electrons. The fourth-order valence-corrected chi connectivity index (χ4v) is 20.1. The third kappa shape index (κ3) is 35.8. The van der Waals surface area contributed by atoms with Gasteiger partial charge in [-0.15, -0.1) is 0 Å². The molecular weight excluding hydrogens is 1910 g/mol.